The number of amides is 2. The molecule has 2 aromatic rings. The van der Waals surface area contributed by atoms with Gasteiger partial charge in [-0.05, 0) is 36.8 Å². The summed E-state index contributed by atoms with van der Waals surface area (Å²) in [6.45, 7) is 1.66. The van der Waals surface area contributed by atoms with E-state index in [4.69, 9.17) is 0 Å². The molecule has 6 heteroatoms. The van der Waals surface area contributed by atoms with E-state index in [1.54, 1.807) is 19.1 Å². The highest BCUT2D eigenvalue weighted by molar-refractivity contribution is 6.00. The molecule has 0 spiro atoms. The van der Waals surface area contributed by atoms with E-state index in [0.717, 1.165) is 0 Å². The number of hydrazine groups is 1. The van der Waals surface area contributed by atoms with Gasteiger partial charge in [-0.15, -0.1) is 0 Å². The molecule has 2 aromatic carbocycles. The van der Waals surface area contributed by atoms with Crippen molar-refractivity contribution < 1.29 is 19.8 Å². The molecule has 108 valence electrons. The van der Waals surface area contributed by atoms with Crippen LogP contribution in [0.25, 0.3) is 0 Å². The number of carbonyl (C=O) groups excluding carboxylic acids is 2. The maximum atomic E-state index is 11.9. The summed E-state index contributed by atoms with van der Waals surface area (Å²) in [7, 11) is 0. The van der Waals surface area contributed by atoms with Crippen molar-refractivity contribution in [2.45, 2.75) is 6.92 Å². The van der Waals surface area contributed by atoms with Crippen LogP contribution >= 0.6 is 0 Å². The fourth-order valence-electron chi connectivity index (χ4n) is 1.74. The van der Waals surface area contributed by atoms with E-state index in [0.29, 0.717) is 5.56 Å². The van der Waals surface area contributed by atoms with Crippen molar-refractivity contribution in [3.8, 4) is 11.5 Å². The molecule has 4 N–H and O–H groups in total. The number of hydrogen-bond acceptors (Lipinski definition) is 4. The molecule has 2 amide bonds. The maximum absolute atomic E-state index is 11.9. The molecule has 0 unspecified atom stereocenters. The molecular weight excluding hydrogens is 272 g/mol. The molecule has 2 rings (SSSR count). The Morgan fingerprint density at radius 3 is 2.33 bits per heavy atom. The van der Waals surface area contributed by atoms with Gasteiger partial charge in [-0.3, -0.25) is 20.4 Å². The maximum Gasteiger partial charge on any atom is 0.273 e. The second-order valence-corrected chi connectivity index (χ2v) is 4.43. The fourth-order valence-corrected chi connectivity index (χ4v) is 1.74. The number of para-hydroxylation sites is 1. The molecule has 0 aliphatic rings. The van der Waals surface area contributed by atoms with Crippen LogP contribution in [-0.4, -0.2) is 22.0 Å². The lowest BCUT2D eigenvalue weighted by Crippen LogP contribution is -2.41. The summed E-state index contributed by atoms with van der Waals surface area (Å²) >= 11 is 0. The lowest BCUT2D eigenvalue weighted by atomic mass is 10.1. The first kappa shape index (κ1) is 14.4. The Hall–Kier alpha value is -3.02. The normalized spacial score (nSPS) is 9.95. The van der Waals surface area contributed by atoms with Gasteiger partial charge in [0.25, 0.3) is 11.8 Å². The van der Waals surface area contributed by atoms with Crippen LogP contribution in [0.4, 0.5) is 0 Å². The van der Waals surface area contributed by atoms with Crippen molar-refractivity contribution in [3.63, 3.8) is 0 Å². The van der Waals surface area contributed by atoms with Crippen LogP contribution in [0.15, 0.2) is 42.5 Å². The van der Waals surface area contributed by atoms with Gasteiger partial charge in [0.05, 0.1) is 5.56 Å². The van der Waals surface area contributed by atoms with E-state index in [1.165, 1.54) is 30.3 Å². The Balaban J connectivity index is 2.04. The highest BCUT2D eigenvalue weighted by Crippen LogP contribution is 2.20. The Bertz CT molecular complexity index is 698. The van der Waals surface area contributed by atoms with Gasteiger partial charge >= 0.3 is 0 Å². The summed E-state index contributed by atoms with van der Waals surface area (Å²) in [6.07, 6.45) is 0. The van der Waals surface area contributed by atoms with Gasteiger partial charge in [0.2, 0.25) is 0 Å². The van der Waals surface area contributed by atoms with E-state index in [-0.39, 0.29) is 22.6 Å². The van der Waals surface area contributed by atoms with Gasteiger partial charge in [-0.2, -0.15) is 0 Å². The second-order valence-electron chi connectivity index (χ2n) is 4.43. The first-order valence-electron chi connectivity index (χ1n) is 6.17. The fraction of sp³-hybridized carbons (Fsp3) is 0.0667. The molecule has 6 nitrogen and oxygen atoms in total. The molecule has 21 heavy (non-hydrogen) atoms. The Kier molecular flexibility index (Phi) is 4.08. The number of phenolic OH excluding ortho intramolecular Hbond substituents is 2. The second kappa shape index (κ2) is 5.96. The van der Waals surface area contributed by atoms with Crippen molar-refractivity contribution in [1.82, 2.24) is 10.9 Å². The zero-order valence-corrected chi connectivity index (χ0v) is 11.3. The first-order chi connectivity index (χ1) is 9.99. The SMILES string of the molecule is Cc1cccc(C(=O)NNC(=O)c2cccc(O)c2)c1O. The lowest BCUT2D eigenvalue weighted by molar-refractivity contribution is 0.0845. The molecule has 0 aliphatic carbocycles. The third-order valence-electron chi connectivity index (χ3n) is 2.88. The van der Waals surface area contributed by atoms with Crippen molar-refractivity contribution in [3.05, 3.63) is 59.2 Å². The molecule has 0 saturated carbocycles. The summed E-state index contributed by atoms with van der Waals surface area (Å²) < 4.78 is 0. The van der Waals surface area contributed by atoms with Crippen LogP contribution in [-0.2, 0) is 0 Å². The third-order valence-corrected chi connectivity index (χ3v) is 2.88. The van der Waals surface area contributed by atoms with Gasteiger partial charge in [-0.25, -0.2) is 0 Å². The predicted molar refractivity (Wildman–Crippen MR) is 75.9 cm³/mol. The number of aromatic hydroxyl groups is 2. The van der Waals surface area contributed by atoms with Gasteiger partial charge in [0.1, 0.15) is 11.5 Å². The number of aryl methyl sites for hydroxylation is 1. The molecule has 0 radical (unpaired) electrons. The van der Waals surface area contributed by atoms with Gasteiger partial charge < -0.3 is 10.2 Å². The summed E-state index contributed by atoms with van der Waals surface area (Å²) in [5, 5.41) is 19.1. The Morgan fingerprint density at radius 2 is 1.62 bits per heavy atom. The minimum atomic E-state index is -0.635. The van der Waals surface area contributed by atoms with Crippen LogP contribution < -0.4 is 10.9 Å². The van der Waals surface area contributed by atoms with Crippen molar-refractivity contribution in [2.75, 3.05) is 0 Å². The van der Waals surface area contributed by atoms with Crippen LogP contribution in [0.3, 0.4) is 0 Å². The molecular formula is C15H14N2O4. The molecule has 0 bridgehead atoms. The number of carbonyl (C=O) groups is 2. The van der Waals surface area contributed by atoms with Gasteiger partial charge in [0, 0.05) is 5.56 Å². The number of hydrogen-bond donors (Lipinski definition) is 4. The molecule has 0 fully saturated rings. The number of nitrogens with one attached hydrogen (secondary N) is 2. The van der Waals surface area contributed by atoms with E-state index < -0.39 is 11.8 Å². The Morgan fingerprint density at radius 1 is 0.952 bits per heavy atom. The average molecular weight is 286 g/mol. The predicted octanol–water partition coefficient (Wildman–Crippen LogP) is 1.48. The van der Waals surface area contributed by atoms with Crippen molar-refractivity contribution in [1.29, 1.82) is 0 Å². The molecule has 0 aromatic heterocycles. The van der Waals surface area contributed by atoms with Gasteiger partial charge in [-0.1, -0.05) is 18.2 Å². The van der Waals surface area contributed by atoms with Crippen molar-refractivity contribution >= 4 is 11.8 Å². The molecule has 0 heterocycles. The quantitative estimate of drug-likeness (QED) is 0.628. The minimum Gasteiger partial charge on any atom is -0.508 e. The van der Waals surface area contributed by atoms with Gasteiger partial charge in [0.15, 0.2) is 0 Å². The van der Waals surface area contributed by atoms with Crippen molar-refractivity contribution in [2.24, 2.45) is 0 Å². The molecule has 0 atom stereocenters. The van der Waals surface area contributed by atoms with Crippen LogP contribution in [0.5, 0.6) is 11.5 Å². The van der Waals surface area contributed by atoms with E-state index in [9.17, 15) is 19.8 Å². The first-order valence-corrected chi connectivity index (χ1v) is 6.17. The largest absolute Gasteiger partial charge is 0.508 e. The summed E-state index contributed by atoms with van der Waals surface area (Å²) in [5.74, 6) is -1.40. The third kappa shape index (κ3) is 3.30. The molecule has 0 saturated heterocycles. The highest BCUT2D eigenvalue weighted by atomic mass is 16.3. The monoisotopic (exact) mass is 286 g/mol. The Labute approximate surface area is 121 Å². The zero-order chi connectivity index (χ0) is 15.4. The van der Waals surface area contributed by atoms with E-state index >= 15 is 0 Å². The van der Waals surface area contributed by atoms with Crippen LogP contribution in [0.1, 0.15) is 26.3 Å². The number of phenols is 2. The molecule has 0 aliphatic heterocycles. The number of benzene rings is 2. The lowest BCUT2D eigenvalue weighted by Gasteiger charge is -2.09. The highest BCUT2D eigenvalue weighted by Gasteiger charge is 2.13. The topological polar surface area (TPSA) is 98.7 Å². The smallest absolute Gasteiger partial charge is 0.273 e. The van der Waals surface area contributed by atoms with Crippen LogP contribution in [0.2, 0.25) is 0 Å². The van der Waals surface area contributed by atoms with E-state index in [1.807, 2.05) is 0 Å². The number of rotatable bonds is 2. The standard InChI is InChI=1S/C15H14N2O4/c1-9-4-2-7-12(13(9)19)15(21)17-16-14(20)10-5-3-6-11(18)8-10/h2-8,18-19H,1H3,(H,16,20)(H,17,21). The average Bonchev–Trinajstić information content (AvgIpc) is 2.47. The zero-order valence-electron chi connectivity index (χ0n) is 11.3. The minimum absolute atomic E-state index is 0.0506. The summed E-state index contributed by atoms with van der Waals surface area (Å²) in [5.41, 5.74) is 5.23. The van der Waals surface area contributed by atoms with E-state index in [2.05, 4.69) is 10.9 Å². The van der Waals surface area contributed by atoms with Crippen LogP contribution in [0, 0.1) is 6.92 Å². The summed E-state index contributed by atoms with van der Waals surface area (Å²) in [4.78, 5) is 23.7. The summed E-state index contributed by atoms with van der Waals surface area (Å²) in [6, 6.07) is 10.4.